The van der Waals surface area contributed by atoms with Gasteiger partial charge < -0.3 is 0 Å². The highest BCUT2D eigenvalue weighted by Crippen LogP contribution is 2.25. The molecule has 0 aliphatic carbocycles. The highest BCUT2D eigenvalue weighted by molar-refractivity contribution is 6.30. The topological polar surface area (TPSA) is 0 Å². The highest BCUT2D eigenvalue weighted by atomic mass is 35.5. The quantitative estimate of drug-likeness (QED) is 0.666. The summed E-state index contributed by atoms with van der Waals surface area (Å²) in [5.41, 5.74) is 2.95. The Kier molecular flexibility index (Phi) is 2.74. The molecular weight excluding hydrogens is 211 g/mol. The van der Waals surface area contributed by atoms with Crippen molar-refractivity contribution >= 4 is 11.6 Å². The van der Waals surface area contributed by atoms with Gasteiger partial charge in [0.2, 0.25) is 0 Å². The van der Waals surface area contributed by atoms with E-state index in [-0.39, 0.29) is 5.82 Å². The van der Waals surface area contributed by atoms with Gasteiger partial charge in [0, 0.05) is 5.02 Å². The molecule has 0 aliphatic rings. The Hall–Kier alpha value is -1.34. The lowest BCUT2D eigenvalue weighted by Crippen LogP contribution is -1.84. The van der Waals surface area contributed by atoms with Crippen LogP contribution in [0.25, 0.3) is 11.1 Å². The van der Waals surface area contributed by atoms with Crippen LogP contribution in [0.5, 0.6) is 0 Å². The van der Waals surface area contributed by atoms with Gasteiger partial charge in [0.05, 0.1) is 0 Å². The SMILES string of the molecule is Cc1ccc(F)cc1-c1ccc(Cl)cc1. The van der Waals surface area contributed by atoms with Crippen LogP contribution in [0.3, 0.4) is 0 Å². The van der Waals surface area contributed by atoms with Gasteiger partial charge in [0.15, 0.2) is 0 Å². The van der Waals surface area contributed by atoms with E-state index in [9.17, 15) is 4.39 Å². The number of benzene rings is 2. The van der Waals surface area contributed by atoms with Gasteiger partial charge in [-0.15, -0.1) is 0 Å². The van der Waals surface area contributed by atoms with E-state index >= 15 is 0 Å². The minimum atomic E-state index is -0.217. The largest absolute Gasteiger partial charge is 0.207 e. The molecule has 2 rings (SSSR count). The first kappa shape index (κ1) is 10.2. The van der Waals surface area contributed by atoms with Crippen molar-refractivity contribution in [1.29, 1.82) is 0 Å². The van der Waals surface area contributed by atoms with E-state index < -0.39 is 0 Å². The summed E-state index contributed by atoms with van der Waals surface area (Å²) in [4.78, 5) is 0. The zero-order valence-corrected chi connectivity index (χ0v) is 9.05. The summed E-state index contributed by atoms with van der Waals surface area (Å²) in [6.07, 6.45) is 0. The molecular formula is C13H10ClF. The van der Waals surface area contributed by atoms with Gasteiger partial charge in [0.1, 0.15) is 5.82 Å². The van der Waals surface area contributed by atoms with Crippen molar-refractivity contribution in [2.75, 3.05) is 0 Å². The summed E-state index contributed by atoms with van der Waals surface area (Å²) in [7, 11) is 0. The molecule has 0 saturated heterocycles. The minimum Gasteiger partial charge on any atom is -0.207 e. The Balaban J connectivity index is 2.53. The molecule has 15 heavy (non-hydrogen) atoms. The average molecular weight is 221 g/mol. The first-order valence-electron chi connectivity index (χ1n) is 4.69. The Morgan fingerprint density at radius 1 is 1.00 bits per heavy atom. The van der Waals surface area contributed by atoms with Gasteiger partial charge in [-0.3, -0.25) is 0 Å². The highest BCUT2D eigenvalue weighted by Gasteiger charge is 2.02. The van der Waals surface area contributed by atoms with Crippen LogP contribution in [-0.4, -0.2) is 0 Å². The first-order valence-corrected chi connectivity index (χ1v) is 5.07. The Labute approximate surface area is 93.3 Å². The predicted molar refractivity (Wildman–Crippen MR) is 61.6 cm³/mol. The van der Waals surface area contributed by atoms with Crippen molar-refractivity contribution in [3.63, 3.8) is 0 Å². The van der Waals surface area contributed by atoms with Gasteiger partial charge in [-0.25, -0.2) is 4.39 Å². The summed E-state index contributed by atoms with van der Waals surface area (Å²) in [6, 6.07) is 12.2. The maximum atomic E-state index is 13.1. The first-order chi connectivity index (χ1) is 7.16. The number of hydrogen-bond acceptors (Lipinski definition) is 0. The maximum Gasteiger partial charge on any atom is 0.123 e. The van der Waals surface area contributed by atoms with Crippen molar-refractivity contribution in [2.24, 2.45) is 0 Å². The van der Waals surface area contributed by atoms with Crippen LogP contribution in [0.1, 0.15) is 5.56 Å². The van der Waals surface area contributed by atoms with Crippen molar-refractivity contribution in [2.45, 2.75) is 6.92 Å². The monoisotopic (exact) mass is 220 g/mol. The number of halogens is 2. The van der Waals surface area contributed by atoms with E-state index in [4.69, 9.17) is 11.6 Å². The van der Waals surface area contributed by atoms with E-state index in [1.54, 1.807) is 24.3 Å². The Morgan fingerprint density at radius 3 is 2.33 bits per heavy atom. The summed E-state index contributed by atoms with van der Waals surface area (Å²) < 4.78 is 13.1. The van der Waals surface area contributed by atoms with Crippen LogP contribution >= 0.6 is 11.6 Å². The fourth-order valence-electron chi connectivity index (χ4n) is 1.53. The van der Waals surface area contributed by atoms with Gasteiger partial charge in [-0.05, 0) is 47.9 Å². The number of rotatable bonds is 1. The lowest BCUT2D eigenvalue weighted by Gasteiger charge is -2.06. The van der Waals surface area contributed by atoms with Gasteiger partial charge in [0.25, 0.3) is 0 Å². The average Bonchev–Trinajstić information content (AvgIpc) is 2.23. The number of hydrogen-bond donors (Lipinski definition) is 0. The second-order valence-electron chi connectivity index (χ2n) is 3.47. The lowest BCUT2D eigenvalue weighted by atomic mass is 10.0. The molecule has 0 amide bonds. The Morgan fingerprint density at radius 2 is 1.67 bits per heavy atom. The van der Waals surface area contributed by atoms with Gasteiger partial charge >= 0.3 is 0 Å². The molecule has 2 aromatic carbocycles. The lowest BCUT2D eigenvalue weighted by molar-refractivity contribution is 0.628. The molecule has 0 heterocycles. The molecule has 0 atom stereocenters. The molecule has 0 N–H and O–H groups in total. The zero-order valence-electron chi connectivity index (χ0n) is 8.30. The normalized spacial score (nSPS) is 10.3. The van der Waals surface area contributed by atoms with Crippen LogP contribution in [0.2, 0.25) is 5.02 Å². The van der Waals surface area contributed by atoms with Crippen LogP contribution in [0.4, 0.5) is 4.39 Å². The van der Waals surface area contributed by atoms with E-state index in [2.05, 4.69) is 0 Å². The van der Waals surface area contributed by atoms with Crippen molar-refractivity contribution in [1.82, 2.24) is 0 Å². The van der Waals surface area contributed by atoms with Crippen molar-refractivity contribution < 1.29 is 4.39 Å². The van der Waals surface area contributed by atoms with Crippen molar-refractivity contribution in [3.05, 3.63) is 58.9 Å². The molecule has 2 aromatic rings. The van der Waals surface area contributed by atoms with Gasteiger partial charge in [-0.2, -0.15) is 0 Å². The summed E-state index contributed by atoms with van der Waals surface area (Å²) >= 11 is 5.80. The standard InChI is InChI=1S/C13H10ClF/c1-9-2-7-12(15)8-13(9)10-3-5-11(14)6-4-10/h2-8H,1H3. The molecule has 0 fully saturated rings. The fourth-order valence-corrected chi connectivity index (χ4v) is 1.66. The summed E-state index contributed by atoms with van der Waals surface area (Å²) in [6.45, 7) is 1.96. The molecule has 2 heteroatoms. The molecule has 0 bridgehead atoms. The van der Waals surface area contributed by atoms with E-state index in [1.807, 2.05) is 19.1 Å². The minimum absolute atomic E-state index is 0.217. The molecule has 0 radical (unpaired) electrons. The summed E-state index contributed by atoms with van der Waals surface area (Å²) in [5, 5.41) is 0.688. The summed E-state index contributed by atoms with van der Waals surface area (Å²) in [5.74, 6) is -0.217. The molecule has 0 nitrogen and oxygen atoms in total. The molecule has 0 aromatic heterocycles. The molecule has 0 saturated carbocycles. The second-order valence-corrected chi connectivity index (χ2v) is 3.90. The third-order valence-electron chi connectivity index (χ3n) is 2.35. The Bertz CT molecular complexity index is 474. The van der Waals surface area contributed by atoms with E-state index in [1.165, 1.54) is 6.07 Å². The fraction of sp³-hybridized carbons (Fsp3) is 0.0769. The molecule has 0 unspecified atom stereocenters. The zero-order chi connectivity index (χ0) is 10.8. The van der Waals surface area contributed by atoms with Crippen LogP contribution < -0.4 is 0 Å². The number of aryl methyl sites for hydroxylation is 1. The third kappa shape index (κ3) is 2.18. The molecule has 0 aliphatic heterocycles. The van der Waals surface area contributed by atoms with Crippen LogP contribution in [-0.2, 0) is 0 Å². The maximum absolute atomic E-state index is 13.1. The second kappa shape index (κ2) is 4.03. The van der Waals surface area contributed by atoms with Crippen LogP contribution in [0, 0.1) is 12.7 Å². The third-order valence-corrected chi connectivity index (χ3v) is 2.61. The molecule has 76 valence electrons. The van der Waals surface area contributed by atoms with Crippen molar-refractivity contribution in [3.8, 4) is 11.1 Å². The predicted octanol–water partition coefficient (Wildman–Crippen LogP) is 4.45. The van der Waals surface area contributed by atoms with E-state index in [0.717, 1.165) is 16.7 Å². The van der Waals surface area contributed by atoms with E-state index in [0.29, 0.717) is 5.02 Å². The van der Waals surface area contributed by atoms with Gasteiger partial charge in [-0.1, -0.05) is 29.8 Å². The smallest absolute Gasteiger partial charge is 0.123 e. The molecule has 0 spiro atoms. The van der Waals surface area contributed by atoms with Crippen LogP contribution in [0.15, 0.2) is 42.5 Å².